The summed E-state index contributed by atoms with van der Waals surface area (Å²) >= 11 is 1.31. The first-order valence-electron chi connectivity index (χ1n) is 10.8. The van der Waals surface area contributed by atoms with Crippen molar-refractivity contribution in [1.29, 1.82) is 0 Å². The van der Waals surface area contributed by atoms with Gasteiger partial charge in [0.05, 0.1) is 22.9 Å². The van der Waals surface area contributed by atoms with Crippen molar-refractivity contribution in [3.63, 3.8) is 0 Å². The van der Waals surface area contributed by atoms with Gasteiger partial charge in [-0.3, -0.25) is 19.1 Å². The van der Waals surface area contributed by atoms with E-state index >= 15 is 0 Å². The van der Waals surface area contributed by atoms with E-state index in [-0.39, 0.29) is 11.5 Å². The standard InChI is InChI=1S/C25H26N4O3S/c1-5-28(6-2)24(31)21-16(3)27-25-29(22(21)18-11-7-8-12-19(18)32-4)23(30)20(33-25)14-17-10-9-13-26-15-17/h7-15,22H,5-6H2,1-4H3/b20-14+/t22-/m1/s1. The number of carbonyl (C=O) groups excluding carboxylic acids is 1. The molecule has 33 heavy (non-hydrogen) atoms. The molecule has 0 aliphatic carbocycles. The van der Waals surface area contributed by atoms with Gasteiger partial charge in [-0.05, 0) is 44.5 Å². The Labute approximate surface area is 196 Å². The number of amides is 1. The fourth-order valence-electron chi connectivity index (χ4n) is 4.08. The normalized spacial score (nSPS) is 15.8. The minimum atomic E-state index is -0.637. The number of fused-ring (bicyclic) bond motifs is 1. The van der Waals surface area contributed by atoms with E-state index in [0.717, 1.165) is 11.1 Å². The Balaban J connectivity index is 2.00. The average molecular weight is 463 g/mol. The van der Waals surface area contributed by atoms with Gasteiger partial charge in [-0.1, -0.05) is 35.6 Å². The highest BCUT2D eigenvalue weighted by Crippen LogP contribution is 2.35. The molecule has 1 aliphatic heterocycles. The Kier molecular flexibility index (Phi) is 6.55. The molecule has 0 N–H and O–H groups in total. The number of likely N-dealkylation sites (N-methyl/N-ethyl adjacent to an activating group) is 1. The second-order valence-corrected chi connectivity index (χ2v) is 8.60. The van der Waals surface area contributed by atoms with E-state index in [1.165, 1.54) is 11.3 Å². The first kappa shape index (κ1) is 22.7. The molecule has 0 saturated heterocycles. The topological polar surface area (TPSA) is 76.8 Å². The number of carbonyl (C=O) groups is 1. The number of pyridine rings is 1. The molecule has 3 aromatic rings. The number of aromatic nitrogens is 2. The minimum Gasteiger partial charge on any atom is -0.496 e. The van der Waals surface area contributed by atoms with Gasteiger partial charge in [0.15, 0.2) is 4.80 Å². The molecule has 1 atom stereocenters. The summed E-state index contributed by atoms with van der Waals surface area (Å²) in [6.07, 6.45) is 5.20. The van der Waals surface area contributed by atoms with Crippen molar-refractivity contribution >= 4 is 23.3 Å². The number of para-hydroxylation sites is 1. The van der Waals surface area contributed by atoms with Crippen LogP contribution < -0.4 is 19.6 Å². The predicted molar refractivity (Wildman–Crippen MR) is 129 cm³/mol. The van der Waals surface area contributed by atoms with E-state index in [4.69, 9.17) is 9.73 Å². The van der Waals surface area contributed by atoms with Gasteiger partial charge in [-0.25, -0.2) is 4.99 Å². The summed E-state index contributed by atoms with van der Waals surface area (Å²) < 4.78 is 7.78. The Bertz CT molecular complexity index is 1380. The lowest BCUT2D eigenvalue weighted by atomic mass is 9.94. The van der Waals surface area contributed by atoms with Gasteiger partial charge in [-0.15, -0.1) is 0 Å². The van der Waals surface area contributed by atoms with Crippen LogP contribution >= 0.6 is 11.3 Å². The van der Waals surface area contributed by atoms with Crippen molar-refractivity contribution in [3.05, 3.63) is 90.9 Å². The smallest absolute Gasteiger partial charge is 0.271 e. The van der Waals surface area contributed by atoms with E-state index in [2.05, 4.69) is 4.98 Å². The molecule has 0 unspecified atom stereocenters. The lowest BCUT2D eigenvalue weighted by Crippen LogP contribution is -2.43. The van der Waals surface area contributed by atoms with Crippen LogP contribution in [0.3, 0.4) is 0 Å². The number of methoxy groups -OCH3 is 1. The molecule has 1 amide bonds. The number of hydrogen-bond acceptors (Lipinski definition) is 6. The van der Waals surface area contributed by atoms with Crippen molar-refractivity contribution in [1.82, 2.24) is 14.5 Å². The quantitative estimate of drug-likeness (QED) is 0.564. The maximum atomic E-state index is 13.7. The summed E-state index contributed by atoms with van der Waals surface area (Å²) in [5, 5.41) is 0. The first-order valence-corrected chi connectivity index (χ1v) is 11.7. The second kappa shape index (κ2) is 9.54. The number of ether oxygens (including phenoxy) is 1. The molecule has 0 saturated carbocycles. The molecule has 2 aromatic heterocycles. The van der Waals surface area contributed by atoms with Crippen LogP contribution in [0.15, 0.2) is 69.8 Å². The van der Waals surface area contributed by atoms with Crippen LogP contribution in [0.4, 0.5) is 0 Å². The Hall–Kier alpha value is -3.52. The van der Waals surface area contributed by atoms with Crippen LogP contribution in [-0.4, -0.2) is 40.6 Å². The Morgan fingerprint density at radius 2 is 1.97 bits per heavy atom. The molecule has 0 fully saturated rings. The fraction of sp³-hybridized carbons (Fsp3) is 0.280. The van der Waals surface area contributed by atoms with Crippen LogP contribution in [0.1, 0.15) is 37.9 Å². The fourth-order valence-corrected chi connectivity index (χ4v) is 5.12. The van der Waals surface area contributed by atoms with Crippen molar-refractivity contribution < 1.29 is 9.53 Å². The van der Waals surface area contributed by atoms with Crippen molar-refractivity contribution in [2.45, 2.75) is 26.8 Å². The number of hydrogen-bond donors (Lipinski definition) is 0. The summed E-state index contributed by atoms with van der Waals surface area (Å²) in [6, 6.07) is 10.6. The molecule has 8 heteroatoms. The lowest BCUT2D eigenvalue weighted by molar-refractivity contribution is -0.127. The molecule has 1 aliphatic rings. The van der Waals surface area contributed by atoms with Gasteiger partial charge in [0.2, 0.25) is 0 Å². The molecule has 1 aromatic carbocycles. The van der Waals surface area contributed by atoms with Crippen LogP contribution in [-0.2, 0) is 4.79 Å². The molecule has 4 rings (SSSR count). The summed E-state index contributed by atoms with van der Waals surface area (Å²) in [4.78, 5) is 38.4. The highest BCUT2D eigenvalue weighted by Gasteiger charge is 2.35. The molecule has 7 nitrogen and oxygen atoms in total. The first-order chi connectivity index (χ1) is 16.0. The average Bonchev–Trinajstić information content (AvgIpc) is 3.13. The molecular weight excluding hydrogens is 436 g/mol. The summed E-state index contributed by atoms with van der Waals surface area (Å²) in [7, 11) is 1.59. The summed E-state index contributed by atoms with van der Waals surface area (Å²) in [5.41, 5.74) is 2.47. The third-order valence-corrected chi connectivity index (χ3v) is 6.70. The van der Waals surface area contributed by atoms with Gasteiger partial charge in [-0.2, -0.15) is 0 Å². The maximum Gasteiger partial charge on any atom is 0.271 e. The zero-order chi connectivity index (χ0) is 23.5. The highest BCUT2D eigenvalue weighted by atomic mass is 32.1. The van der Waals surface area contributed by atoms with Gasteiger partial charge in [0.25, 0.3) is 11.5 Å². The number of nitrogens with zero attached hydrogens (tertiary/aromatic N) is 4. The summed E-state index contributed by atoms with van der Waals surface area (Å²) in [6.45, 7) is 6.85. The molecule has 0 radical (unpaired) electrons. The van der Waals surface area contributed by atoms with Gasteiger partial charge >= 0.3 is 0 Å². The van der Waals surface area contributed by atoms with Gasteiger partial charge in [0, 0.05) is 31.0 Å². The molecular formula is C25H26N4O3S. The predicted octanol–water partition coefficient (Wildman–Crippen LogP) is 2.51. The minimum absolute atomic E-state index is 0.126. The summed E-state index contributed by atoms with van der Waals surface area (Å²) in [5.74, 6) is 0.489. The lowest BCUT2D eigenvalue weighted by Gasteiger charge is -2.29. The number of allylic oxidation sites excluding steroid dienone is 1. The number of benzene rings is 1. The van der Waals surface area contributed by atoms with Gasteiger partial charge in [0.1, 0.15) is 11.8 Å². The van der Waals surface area contributed by atoms with Gasteiger partial charge < -0.3 is 9.64 Å². The highest BCUT2D eigenvalue weighted by molar-refractivity contribution is 7.07. The number of rotatable bonds is 6. The van der Waals surface area contributed by atoms with Crippen LogP contribution in [0.2, 0.25) is 0 Å². The molecule has 170 valence electrons. The number of thiazole rings is 1. The molecule has 0 bridgehead atoms. The van der Waals surface area contributed by atoms with E-state index < -0.39 is 6.04 Å². The monoisotopic (exact) mass is 462 g/mol. The third kappa shape index (κ3) is 4.14. The maximum absolute atomic E-state index is 13.7. The van der Waals surface area contributed by atoms with E-state index in [1.54, 1.807) is 35.0 Å². The molecule has 3 heterocycles. The van der Waals surface area contributed by atoms with Crippen molar-refractivity contribution in [2.75, 3.05) is 20.2 Å². The zero-order valence-corrected chi connectivity index (χ0v) is 19.9. The Morgan fingerprint density at radius 1 is 1.21 bits per heavy atom. The van der Waals surface area contributed by atoms with E-state index in [9.17, 15) is 9.59 Å². The van der Waals surface area contributed by atoms with E-state index in [0.29, 0.717) is 39.4 Å². The van der Waals surface area contributed by atoms with Crippen LogP contribution in [0.25, 0.3) is 6.08 Å². The van der Waals surface area contributed by atoms with Crippen LogP contribution in [0, 0.1) is 0 Å². The molecule has 0 spiro atoms. The van der Waals surface area contributed by atoms with Crippen molar-refractivity contribution in [2.24, 2.45) is 4.99 Å². The zero-order valence-electron chi connectivity index (χ0n) is 19.1. The Morgan fingerprint density at radius 3 is 2.64 bits per heavy atom. The largest absolute Gasteiger partial charge is 0.496 e. The third-order valence-electron chi connectivity index (χ3n) is 5.72. The van der Waals surface area contributed by atoms with E-state index in [1.807, 2.05) is 57.2 Å². The van der Waals surface area contributed by atoms with Crippen molar-refractivity contribution in [3.8, 4) is 5.75 Å². The van der Waals surface area contributed by atoms with Crippen LogP contribution in [0.5, 0.6) is 5.75 Å². The second-order valence-electron chi connectivity index (χ2n) is 7.59. The SMILES string of the molecule is CCN(CC)C(=O)C1=C(C)N=c2s/c(=C/c3cccnc3)c(=O)n2[C@@H]1c1ccccc1OC.